The summed E-state index contributed by atoms with van der Waals surface area (Å²) in [6.45, 7) is 5.29. The van der Waals surface area contributed by atoms with Gasteiger partial charge in [0, 0.05) is 12.4 Å². The number of carbonyl (C=O) groups is 1. The van der Waals surface area contributed by atoms with E-state index in [9.17, 15) is 4.79 Å². The third kappa shape index (κ3) is 2.65. The standard InChI is InChI=1S/C10H15N3O2/c1-4-10(3,8(14)15)13-9-11-5-7(2)6-12-9/h5-6H,4H2,1-3H3,(H,14,15)(H,11,12,13). The maximum absolute atomic E-state index is 11.0. The molecule has 82 valence electrons. The Bertz CT molecular complexity index is 350. The van der Waals surface area contributed by atoms with E-state index in [2.05, 4.69) is 15.3 Å². The molecule has 5 heteroatoms. The number of hydrogen-bond acceptors (Lipinski definition) is 4. The molecular weight excluding hydrogens is 194 g/mol. The molecule has 1 rings (SSSR count). The second-order valence-corrected chi connectivity index (χ2v) is 3.70. The highest BCUT2D eigenvalue weighted by Crippen LogP contribution is 2.15. The fourth-order valence-electron chi connectivity index (χ4n) is 0.997. The number of nitrogens with zero attached hydrogens (tertiary/aromatic N) is 2. The van der Waals surface area contributed by atoms with Gasteiger partial charge in [-0.2, -0.15) is 0 Å². The zero-order valence-corrected chi connectivity index (χ0v) is 9.11. The largest absolute Gasteiger partial charge is 0.480 e. The number of hydrogen-bond donors (Lipinski definition) is 2. The highest BCUT2D eigenvalue weighted by atomic mass is 16.4. The molecule has 1 atom stereocenters. The summed E-state index contributed by atoms with van der Waals surface area (Å²) in [6.07, 6.45) is 3.75. The van der Waals surface area contributed by atoms with Crippen molar-refractivity contribution in [1.29, 1.82) is 0 Å². The van der Waals surface area contributed by atoms with Crippen molar-refractivity contribution in [1.82, 2.24) is 9.97 Å². The average Bonchev–Trinajstić information content (AvgIpc) is 2.21. The van der Waals surface area contributed by atoms with Gasteiger partial charge in [-0.3, -0.25) is 0 Å². The van der Waals surface area contributed by atoms with Crippen LogP contribution in [-0.4, -0.2) is 26.6 Å². The Morgan fingerprint density at radius 2 is 2.07 bits per heavy atom. The van der Waals surface area contributed by atoms with Gasteiger partial charge in [0.15, 0.2) is 0 Å². The highest BCUT2D eigenvalue weighted by molar-refractivity contribution is 5.81. The smallest absolute Gasteiger partial charge is 0.329 e. The molecule has 0 aromatic carbocycles. The molecule has 1 unspecified atom stereocenters. The predicted octanol–water partition coefficient (Wildman–Crippen LogP) is 1.45. The van der Waals surface area contributed by atoms with E-state index in [4.69, 9.17) is 5.11 Å². The summed E-state index contributed by atoms with van der Waals surface area (Å²) in [4.78, 5) is 19.0. The maximum Gasteiger partial charge on any atom is 0.329 e. The molecule has 0 aliphatic heterocycles. The SMILES string of the molecule is CCC(C)(Nc1ncc(C)cn1)C(=O)O. The Balaban J connectivity index is 2.84. The minimum atomic E-state index is -1.02. The molecule has 5 nitrogen and oxygen atoms in total. The van der Waals surface area contributed by atoms with Gasteiger partial charge >= 0.3 is 5.97 Å². The molecule has 0 saturated carbocycles. The maximum atomic E-state index is 11.0. The van der Waals surface area contributed by atoms with Crippen LogP contribution in [0, 0.1) is 6.92 Å². The van der Waals surface area contributed by atoms with Crippen LogP contribution in [0.5, 0.6) is 0 Å². The molecular formula is C10H15N3O2. The van der Waals surface area contributed by atoms with Crippen molar-refractivity contribution in [2.24, 2.45) is 0 Å². The minimum absolute atomic E-state index is 0.340. The first-order valence-electron chi connectivity index (χ1n) is 4.78. The Hall–Kier alpha value is -1.65. The van der Waals surface area contributed by atoms with Crippen LogP contribution in [0.2, 0.25) is 0 Å². The van der Waals surface area contributed by atoms with Gasteiger partial charge in [-0.25, -0.2) is 14.8 Å². The van der Waals surface area contributed by atoms with Gasteiger partial charge in [-0.15, -0.1) is 0 Å². The topological polar surface area (TPSA) is 75.1 Å². The molecule has 0 bridgehead atoms. The van der Waals surface area contributed by atoms with E-state index in [0.717, 1.165) is 5.56 Å². The first-order valence-corrected chi connectivity index (χ1v) is 4.78. The summed E-state index contributed by atoms with van der Waals surface area (Å²) in [7, 11) is 0. The van der Waals surface area contributed by atoms with Gasteiger partial charge in [-0.1, -0.05) is 6.92 Å². The van der Waals surface area contributed by atoms with Crippen LogP contribution in [0.4, 0.5) is 5.95 Å². The summed E-state index contributed by atoms with van der Waals surface area (Å²) in [5, 5.41) is 11.8. The van der Waals surface area contributed by atoms with Gasteiger partial charge < -0.3 is 10.4 Å². The lowest BCUT2D eigenvalue weighted by molar-refractivity contribution is -0.141. The zero-order valence-electron chi connectivity index (χ0n) is 9.11. The molecule has 0 saturated heterocycles. The summed E-state index contributed by atoms with van der Waals surface area (Å²) < 4.78 is 0. The fourth-order valence-corrected chi connectivity index (χ4v) is 0.997. The van der Waals surface area contributed by atoms with Crippen LogP contribution < -0.4 is 5.32 Å². The monoisotopic (exact) mass is 209 g/mol. The van der Waals surface area contributed by atoms with Gasteiger partial charge in [-0.05, 0) is 25.8 Å². The first-order chi connectivity index (χ1) is 6.98. The zero-order chi connectivity index (χ0) is 11.5. The summed E-state index contributed by atoms with van der Waals surface area (Å²) >= 11 is 0. The molecule has 15 heavy (non-hydrogen) atoms. The van der Waals surface area contributed by atoms with Crippen LogP contribution in [0.3, 0.4) is 0 Å². The number of aliphatic carboxylic acids is 1. The summed E-state index contributed by atoms with van der Waals surface area (Å²) in [6, 6.07) is 0. The van der Waals surface area contributed by atoms with Crippen LogP contribution in [0.1, 0.15) is 25.8 Å². The van der Waals surface area contributed by atoms with Crippen LogP contribution in [0.15, 0.2) is 12.4 Å². The lowest BCUT2D eigenvalue weighted by atomic mass is 10.00. The molecule has 0 radical (unpaired) electrons. The fraction of sp³-hybridized carbons (Fsp3) is 0.500. The van der Waals surface area contributed by atoms with Crippen molar-refractivity contribution < 1.29 is 9.90 Å². The quantitative estimate of drug-likeness (QED) is 0.785. The minimum Gasteiger partial charge on any atom is -0.480 e. The van der Waals surface area contributed by atoms with E-state index >= 15 is 0 Å². The van der Waals surface area contributed by atoms with E-state index in [1.165, 1.54) is 0 Å². The van der Waals surface area contributed by atoms with E-state index in [-0.39, 0.29) is 0 Å². The number of carboxylic acids is 1. The number of rotatable bonds is 4. The van der Waals surface area contributed by atoms with E-state index in [0.29, 0.717) is 12.4 Å². The number of nitrogens with one attached hydrogen (secondary N) is 1. The average molecular weight is 209 g/mol. The first kappa shape index (κ1) is 11.4. The number of anilines is 1. The van der Waals surface area contributed by atoms with E-state index in [1.54, 1.807) is 26.2 Å². The third-order valence-corrected chi connectivity index (χ3v) is 2.35. The molecule has 1 aromatic heterocycles. The Morgan fingerprint density at radius 3 is 2.47 bits per heavy atom. The van der Waals surface area contributed by atoms with Crippen LogP contribution >= 0.6 is 0 Å². The molecule has 0 fully saturated rings. The summed E-state index contributed by atoms with van der Waals surface area (Å²) in [5.41, 5.74) is -0.0796. The van der Waals surface area contributed by atoms with Crippen molar-refractivity contribution >= 4 is 11.9 Å². The number of aromatic nitrogens is 2. The van der Waals surface area contributed by atoms with Gasteiger partial charge in [0.25, 0.3) is 0 Å². The lowest BCUT2D eigenvalue weighted by Crippen LogP contribution is -2.43. The highest BCUT2D eigenvalue weighted by Gasteiger charge is 2.31. The molecule has 2 N–H and O–H groups in total. The Labute approximate surface area is 88.6 Å². The number of carboxylic acid groups (broad SMARTS) is 1. The van der Waals surface area contributed by atoms with Crippen molar-refractivity contribution in [3.8, 4) is 0 Å². The molecule has 0 spiro atoms. The van der Waals surface area contributed by atoms with Crippen molar-refractivity contribution in [3.63, 3.8) is 0 Å². The van der Waals surface area contributed by atoms with Gasteiger partial charge in [0.05, 0.1) is 0 Å². The van der Waals surface area contributed by atoms with Crippen LogP contribution in [-0.2, 0) is 4.79 Å². The van der Waals surface area contributed by atoms with Crippen molar-refractivity contribution in [2.75, 3.05) is 5.32 Å². The van der Waals surface area contributed by atoms with Gasteiger partial charge in [0.2, 0.25) is 5.95 Å². The Kier molecular flexibility index (Phi) is 3.24. The van der Waals surface area contributed by atoms with E-state index in [1.807, 2.05) is 6.92 Å². The number of aryl methyl sites for hydroxylation is 1. The molecule has 0 aliphatic rings. The molecule has 1 heterocycles. The molecule has 0 aliphatic carbocycles. The predicted molar refractivity (Wildman–Crippen MR) is 56.7 cm³/mol. The lowest BCUT2D eigenvalue weighted by Gasteiger charge is -2.24. The third-order valence-electron chi connectivity index (χ3n) is 2.35. The Morgan fingerprint density at radius 1 is 1.53 bits per heavy atom. The second kappa shape index (κ2) is 4.25. The summed E-state index contributed by atoms with van der Waals surface area (Å²) in [5.74, 6) is -0.568. The van der Waals surface area contributed by atoms with E-state index < -0.39 is 11.5 Å². The van der Waals surface area contributed by atoms with Gasteiger partial charge in [0.1, 0.15) is 5.54 Å². The normalized spacial score (nSPS) is 14.3. The van der Waals surface area contributed by atoms with Crippen molar-refractivity contribution in [3.05, 3.63) is 18.0 Å². The van der Waals surface area contributed by atoms with Crippen LogP contribution in [0.25, 0.3) is 0 Å². The molecule has 0 amide bonds. The van der Waals surface area contributed by atoms with Crippen molar-refractivity contribution in [2.45, 2.75) is 32.7 Å². The molecule has 1 aromatic rings. The second-order valence-electron chi connectivity index (χ2n) is 3.70.